The maximum atomic E-state index is 12.3. The van der Waals surface area contributed by atoms with Crippen LogP contribution in [0.3, 0.4) is 0 Å². The summed E-state index contributed by atoms with van der Waals surface area (Å²) in [6.45, 7) is 3.16. The quantitative estimate of drug-likeness (QED) is 0.506. The molecule has 3 aliphatic rings. The molecule has 0 aromatic carbocycles. The topological polar surface area (TPSA) is 87.6 Å². The molecule has 2 aromatic heterocycles. The van der Waals surface area contributed by atoms with Crippen molar-refractivity contribution < 1.29 is 14.6 Å². The minimum atomic E-state index is -0.790. The smallest absolute Gasteiger partial charge is 0.325 e. The Hall–Kier alpha value is -2.51. The van der Waals surface area contributed by atoms with Gasteiger partial charge < -0.3 is 15.2 Å². The standard InChI is InChI=1S/C27H36N4O3/c32-27(33)26(22-9-4-15-29-25(22)19-6-3-7-19)31-16-13-21(18-31)34-17-2-1-8-20-11-12-23-24(30-20)10-5-14-28-23/h4,9,11-12,15,19,21,26,28H,1-3,5-8,10,13-14,16-18H2,(H,32,33)/t21-,26?/m1/s1. The molecule has 1 aliphatic carbocycles. The lowest BCUT2D eigenvalue weighted by Gasteiger charge is -2.31. The number of hydrogen-bond acceptors (Lipinski definition) is 6. The van der Waals surface area contributed by atoms with Gasteiger partial charge in [0.15, 0.2) is 0 Å². The fraction of sp³-hybridized carbons (Fsp3) is 0.593. The van der Waals surface area contributed by atoms with Crippen LogP contribution in [0, 0.1) is 0 Å². The van der Waals surface area contributed by atoms with Crippen molar-refractivity contribution in [2.24, 2.45) is 0 Å². The molecule has 4 heterocycles. The first kappa shape index (κ1) is 23.2. The average Bonchev–Trinajstić information content (AvgIpc) is 3.27. The van der Waals surface area contributed by atoms with Crippen molar-refractivity contribution in [1.29, 1.82) is 0 Å². The van der Waals surface area contributed by atoms with Gasteiger partial charge in [-0.1, -0.05) is 12.5 Å². The van der Waals surface area contributed by atoms with Gasteiger partial charge in [0.1, 0.15) is 6.04 Å². The minimum Gasteiger partial charge on any atom is -0.480 e. The molecule has 1 saturated carbocycles. The number of fused-ring (bicyclic) bond motifs is 1. The first-order chi connectivity index (χ1) is 16.7. The van der Waals surface area contributed by atoms with Crippen LogP contribution >= 0.6 is 0 Å². The van der Waals surface area contributed by atoms with Gasteiger partial charge >= 0.3 is 5.97 Å². The number of anilines is 1. The molecule has 0 bridgehead atoms. The predicted molar refractivity (Wildman–Crippen MR) is 131 cm³/mol. The van der Waals surface area contributed by atoms with E-state index in [1.165, 1.54) is 17.8 Å². The van der Waals surface area contributed by atoms with E-state index in [-0.39, 0.29) is 6.10 Å². The second-order valence-electron chi connectivity index (χ2n) is 9.91. The number of aliphatic carboxylic acids is 1. The molecular formula is C27H36N4O3. The lowest BCUT2D eigenvalue weighted by atomic mass is 9.80. The van der Waals surface area contributed by atoms with Crippen molar-refractivity contribution >= 4 is 11.7 Å². The monoisotopic (exact) mass is 464 g/mol. The number of pyridine rings is 2. The number of carboxylic acid groups (broad SMARTS) is 1. The zero-order chi connectivity index (χ0) is 23.3. The Kier molecular flexibility index (Phi) is 7.40. The van der Waals surface area contributed by atoms with Gasteiger partial charge in [-0.3, -0.25) is 19.7 Å². The highest BCUT2D eigenvalue weighted by molar-refractivity contribution is 5.76. The molecule has 1 saturated heterocycles. The summed E-state index contributed by atoms with van der Waals surface area (Å²) in [6, 6.07) is 7.49. The fourth-order valence-corrected chi connectivity index (χ4v) is 5.47. The molecule has 2 atom stereocenters. The number of aryl methyl sites for hydroxylation is 2. The summed E-state index contributed by atoms with van der Waals surface area (Å²) in [6.07, 6.45) is 11.4. The van der Waals surface area contributed by atoms with Gasteiger partial charge in [-0.2, -0.15) is 0 Å². The van der Waals surface area contributed by atoms with E-state index in [1.54, 1.807) is 6.20 Å². The van der Waals surface area contributed by atoms with Crippen LogP contribution in [-0.2, 0) is 22.4 Å². The maximum absolute atomic E-state index is 12.3. The van der Waals surface area contributed by atoms with Gasteiger partial charge in [0.2, 0.25) is 0 Å². The summed E-state index contributed by atoms with van der Waals surface area (Å²) in [7, 11) is 0. The molecule has 7 nitrogen and oxygen atoms in total. The number of aromatic nitrogens is 2. The van der Waals surface area contributed by atoms with Crippen LogP contribution in [0.15, 0.2) is 30.5 Å². The Labute approximate surface area is 201 Å². The zero-order valence-electron chi connectivity index (χ0n) is 19.9. The maximum Gasteiger partial charge on any atom is 0.325 e. The third-order valence-electron chi connectivity index (χ3n) is 7.55. The van der Waals surface area contributed by atoms with Crippen LogP contribution in [0.25, 0.3) is 0 Å². The van der Waals surface area contributed by atoms with Gasteiger partial charge in [0.25, 0.3) is 0 Å². The Morgan fingerprint density at radius 3 is 2.94 bits per heavy atom. The molecule has 5 rings (SSSR count). The van der Waals surface area contributed by atoms with Crippen LogP contribution in [0.4, 0.5) is 5.69 Å². The number of carboxylic acids is 1. The molecule has 0 amide bonds. The summed E-state index contributed by atoms with van der Waals surface area (Å²) in [5.41, 5.74) is 5.41. The number of nitrogens with one attached hydrogen (secondary N) is 1. The predicted octanol–water partition coefficient (Wildman–Crippen LogP) is 4.34. The van der Waals surface area contributed by atoms with Crippen molar-refractivity contribution in [2.45, 2.75) is 75.9 Å². The van der Waals surface area contributed by atoms with Crippen molar-refractivity contribution in [3.05, 3.63) is 53.1 Å². The third kappa shape index (κ3) is 5.26. The van der Waals surface area contributed by atoms with Crippen molar-refractivity contribution in [1.82, 2.24) is 14.9 Å². The molecule has 7 heteroatoms. The van der Waals surface area contributed by atoms with E-state index in [0.29, 0.717) is 19.1 Å². The number of ether oxygens (including phenoxy) is 1. The SMILES string of the molecule is O=C(O)C(c1cccnc1C1CCC1)N1CC[C@@H](OCCCCc2ccc3c(n2)CCCN3)C1. The lowest BCUT2D eigenvalue weighted by molar-refractivity contribution is -0.143. The molecule has 0 spiro atoms. The van der Waals surface area contributed by atoms with E-state index in [2.05, 4.69) is 27.3 Å². The Bertz CT molecular complexity index is 994. The number of carbonyl (C=O) groups is 1. The van der Waals surface area contributed by atoms with E-state index in [9.17, 15) is 9.90 Å². The second-order valence-corrected chi connectivity index (χ2v) is 9.91. The van der Waals surface area contributed by atoms with Crippen molar-refractivity contribution in [3.63, 3.8) is 0 Å². The molecular weight excluding hydrogens is 428 g/mol. The highest BCUT2D eigenvalue weighted by Gasteiger charge is 2.37. The Morgan fingerprint density at radius 2 is 2.12 bits per heavy atom. The number of unbranched alkanes of at least 4 members (excludes halogenated alkanes) is 1. The van der Waals surface area contributed by atoms with Crippen LogP contribution in [0.1, 0.15) is 79.6 Å². The Morgan fingerprint density at radius 1 is 1.21 bits per heavy atom. The van der Waals surface area contributed by atoms with E-state index >= 15 is 0 Å². The summed E-state index contributed by atoms with van der Waals surface area (Å²) >= 11 is 0. The molecule has 1 unspecified atom stereocenters. The molecule has 34 heavy (non-hydrogen) atoms. The van der Waals surface area contributed by atoms with Gasteiger partial charge in [-0.15, -0.1) is 0 Å². The number of hydrogen-bond donors (Lipinski definition) is 2. The molecule has 2 aromatic rings. The summed E-state index contributed by atoms with van der Waals surface area (Å²) in [4.78, 5) is 23.8. The van der Waals surface area contributed by atoms with E-state index in [0.717, 1.165) is 81.4 Å². The lowest BCUT2D eigenvalue weighted by Crippen LogP contribution is -2.35. The molecule has 0 radical (unpaired) electrons. The van der Waals surface area contributed by atoms with Gasteiger partial charge in [0.05, 0.1) is 17.5 Å². The largest absolute Gasteiger partial charge is 0.480 e. The average molecular weight is 465 g/mol. The normalized spacial score (nSPS) is 21.5. The molecule has 182 valence electrons. The Balaban J connectivity index is 1.09. The zero-order valence-corrected chi connectivity index (χ0v) is 19.9. The highest BCUT2D eigenvalue weighted by atomic mass is 16.5. The van der Waals surface area contributed by atoms with Gasteiger partial charge in [0, 0.05) is 55.3 Å². The molecule has 2 fully saturated rings. The number of rotatable bonds is 10. The van der Waals surface area contributed by atoms with Crippen LogP contribution < -0.4 is 5.32 Å². The van der Waals surface area contributed by atoms with Crippen molar-refractivity contribution in [3.8, 4) is 0 Å². The summed E-state index contributed by atoms with van der Waals surface area (Å²) < 4.78 is 6.16. The van der Waals surface area contributed by atoms with Gasteiger partial charge in [-0.05, 0) is 69.6 Å². The van der Waals surface area contributed by atoms with Gasteiger partial charge in [-0.25, -0.2) is 0 Å². The highest BCUT2D eigenvalue weighted by Crippen LogP contribution is 2.40. The number of nitrogens with zero attached hydrogens (tertiary/aromatic N) is 3. The first-order valence-electron chi connectivity index (χ1n) is 12.9. The van der Waals surface area contributed by atoms with Crippen molar-refractivity contribution in [2.75, 3.05) is 31.6 Å². The second kappa shape index (κ2) is 10.8. The number of likely N-dealkylation sites (tertiary alicyclic amines) is 1. The molecule has 2 aliphatic heterocycles. The van der Waals surface area contributed by atoms with E-state index in [1.807, 2.05) is 12.1 Å². The van der Waals surface area contributed by atoms with E-state index < -0.39 is 12.0 Å². The summed E-state index contributed by atoms with van der Waals surface area (Å²) in [5.74, 6) is -0.379. The first-order valence-corrected chi connectivity index (χ1v) is 12.9. The fourth-order valence-electron chi connectivity index (χ4n) is 5.47. The third-order valence-corrected chi connectivity index (χ3v) is 7.55. The van der Waals surface area contributed by atoms with Crippen LogP contribution in [0.5, 0.6) is 0 Å². The summed E-state index contributed by atoms with van der Waals surface area (Å²) in [5, 5.41) is 13.5. The van der Waals surface area contributed by atoms with E-state index in [4.69, 9.17) is 9.72 Å². The van der Waals surface area contributed by atoms with Crippen LogP contribution in [0.2, 0.25) is 0 Å². The minimum absolute atomic E-state index is 0.0959. The van der Waals surface area contributed by atoms with Crippen LogP contribution in [-0.4, -0.2) is 58.3 Å². The molecule has 2 N–H and O–H groups in total.